The number of ether oxygens (including phenoxy) is 1. The Kier molecular flexibility index (Phi) is 4.40. The Balaban J connectivity index is 1.92. The molecule has 1 saturated heterocycles. The molecule has 2 aromatic rings. The molecule has 6 nitrogen and oxygen atoms in total. The third kappa shape index (κ3) is 2.84. The first kappa shape index (κ1) is 15.0. The summed E-state index contributed by atoms with van der Waals surface area (Å²) in [5, 5.41) is 10.2. The summed E-state index contributed by atoms with van der Waals surface area (Å²) in [6.07, 6.45) is -0.0976. The van der Waals surface area contributed by atoms with E-state index in [1.807, 2.05) is 35.8 Å². The van der Waals surface area contributed by atoms with Crippen molar-refractivity contribution < 1.29 is 14.6 Å². The number of benzene rings is 1. The number of imidazole rings is 1. The monoisotopic (exact) mass is 303 g/mol. The fourth-order valence-corrected chi connectivity index (χ4v) is 2.75. The van der Waals surface area contributed by atoms with Gasteiger partial charge in [0.1, 0.15) is 18.5 Å². The third-order valence-corrected chi connectivity index (χ3v) is 4.03. The standard InChI is InChI=1S/C16H21N3O3/c1-2-14(20)16-17-12-5-3-4-6-13(12)19(16)11-15(21)18-7-9-22-10-8-18/h3-6,14,20H,2,7-11H2,1H3/t14-/m1/s1. The maximum atomic E-state index is 12.5. The average Bonchev–Trinajstić information content (AvgIpc) is 2.93. The lowest BCUT2D eigenvalue weighted by atomic mass is 10.2. The minimum absolute atomic E-state index is 0.0380. The predicted octanol–water partition coefficient (Wildman–Crippen LogP) is 1.34. The normalized spacial score (nSPS) is 16.9. The number of carbonyl (C=O) groups is 1. The molecule has 0 saturated carbocycles. The summed E-state index contributed by atoms with van der Waals surface area (Å²) in [6, 6.07) is 7.66. The van der Waals surface area contributed by atoms with Crippen LogP contribution in [0.2, 0.25) is 0 Å². The molecule has 22 heavy (non-hydrogen) atoms. The first-order valence-corrected chi connectivity index (χ1v) is 7.69. The number of hydrogen-bond acceptors (Lipinski definition) is 4. The lowest BCUT2D eigenvalue weighted by Gasteiger charge is -2.27. The Morgan fingerprint density at radius 1 is 1.36 bits per heavy atom. The van der Waals surface area contributed by atoms with E-state index in [9.17, 15) is 9.90 Å². The molecule has 0 aliphatic carbocycles. The number of amides is 1. The van der Waals surface area contributed by atoms with Crippen molar-refractivity contribution in [1.29, 1.82) is 0 Å². The quantitative estimate of drug-likeness (QED) is 0.925. The first-order chi connectivity index (χ1) is 10.7. The van der Waals surface area contributed by atoms with Crippen LogP contribution in [-0.4, -0.2) is 51.8 Å². The van der Waals surface area contributed by atoms with Gasteiger partial charge in [-0.05, 0) is 18.6 Å². The SMILES string of the molecule is CC[C@@H](O)c1nc2ccccc2n1CC(=O)N1CCOCC1. The molecule has 2 heterocycles. The van der Waals surface area contributed by atoms with Crippen LogP contribution in [0.5, 0.6) is 0 Å². The number of para-hydroxylation sites is 2. The minimum Gasteiger partial charge on any atom is -0.385 e. The average molecular weight is 303 g/mol. The molecule has 1 aromatic carbocycles. The second-order valence-corrected chi connectivity index (χ2v) is 5.46. The summed E-state index contributed by atoms with van der Waals surface area (Å²) < 4.78 is 7.12. The fraction of sp³-hybridized carbons (Fsp3) is 0.500. The Labute approximate surface area is 129 Å². The number of fused-ring (bicyclic) bond motifs is 1. The van der Waals surface area contributed by atoms with Gasteiger partial charge in [-0.2, -0.15) is 0 Å². The summed E-state index contributed by atoms with van der Waals surface area (Å²) in [5.74, 6) is 0.598. The van der Waals surface area contributed by atoms with E-state index in [2.05, 4.69) is 4.98 Å². The van der Waals surface area contributed by atoms with E-state index in [0.717, 1.165) is 11.0 Å². The molecule has 1 aliphatic heterocycles. The van der Waals surface area contributed by atoms with E-state index in [0.29, 0.717) is 38.5 Å². The van der Waals surface area contributed by atoms with Crippen LogP contribution in [0.3, 0.4) is 0 Å². The van der Waals surface area contributed by atoms with E-state index in [1.165, 1.54) is 0 Å². The van der Waals surface area contributed by atoms with E-state index in [-0.39, 0.29) is 12.5 Å². The Morgan fingerprint density at radius 3 is 2.82 bits per heavy atom. The summed E-state index contributed by atoms with van der Waals surface area (Å²) >= 11 is 0. The van der Waals surface area contributed by atoms with Crippen LogP contribution in [0.4, 0.5) is 0 Å². The van der Waals surface area contributed by atoms with E-state index in [4.69, 9.17) is 4.74 Å². The lowest BCUT2D eigenvalue weighted by molar-refractivity contribution is -0.135. The number of aliphatic hydroxyl groups is 1. The van der Waals surface area contributed by atoms with E-state index < -0.39 is 6.10 Å². The number of rotatable bonds is 4. The van der Waals surface area contributed by atoms with Gasteiger partial charge in [-0.25, -0.2) is 4.98 Å². The van der Waals surface area contributed by atoms with Gasteiger partial charge in [0.25, 0.3) is 0 Å². The van der Waals surface area contributed by atoms with Crippen molar-refractivity contribution in [3.8, 4) is 0 Å². The van der Waals surface area contributed by atoms with Crippen molar-refractivity contribution in [1.82, 2.24) is 14.5 Å². The van der Waals surface area contributed by atoms with Crippen molar-refractivity contribution in [2.45, 2.75) is 26.0 Å². The smallest absolute Gasteiger partial charge is 0.242 e. The molecule has 3 rings (SSSR count). The predicted molar refractivity (Wildman–Crippen MR) is 82.4 cm³/mol. The number of carbonyl (C=O) groups excluding carboxylic acids is 1. The molecule has 1 N–H and O–H groups in total. The zero-order valence-electron chi connectivity index (χ0n) is 12.7. The molecule has 6 heteroatoms. The second-order valence-electron chi connectivity index (χ2n) is 5.46. The van der Waals surface area contributed by atoms with Crippen LogP contribution in [0, 0.1) is 0 Å². The molecule has 0 radical (unpaired) electrons. The maximum absolute atomic E-state index is 12.5. The minimum atomic E-state index is -0.662. The summed E-state index contributed by atoms with van der Waals surface area (Å²) in [5.41, 5.74) is 1.69. The molecule has 1 fully saturated rings. The first-order valence-electron chi connectivity index (χ1n) is 7.69. The van der Waals surface area contributed by atoms with Crippen molar-refractivity contribution in [2.75, 3.05) is 26.3 Å². The largest absolute Gasteiger partial charge is 0.385 e. The fourth-order valence-electron chi connectivity index (χ4n) is 2.75. The van der Waals surface area contributed by atoms with Crippen LogP contribution in [0.15, 0.2) is 24.3 Å². The van der Waals surface area contributed by atoms with Gasteiger partial charge < -0.3 is 19.3 Å². The summed E-state index contributed by atoms with van der Waals surface area (Å²) in [7, 11) is 0. The van der Waals surface area contributed by atoms with Crippen molar-refractivity contribution in [3.63, 3.8) is 0 Å². The second kappa shape index (κ2) is 6.46. The summed E-state index contributed by atoms with van der Waals surface area (Å²) in [6.45, 7) is 4.51. The molecule has 1 aromatic heterocycles. The van der Waals surface area contributed by atoms with Crippen molar-refractivity contribution in [3.05, 3.63) is 30.1 Å². The Morgan fingerprint density at radius 2 is 2.09 bits per heavy atom. The third-order valence-electron chi connectivity index (χ3n) is 4.03. The lowest BCUT2D eigenvalue weighted by Crippen LogP contribution is -2.42. The Bertz CT molecular complexity index is 662. The highest BCUT2D eigenvalue weighted by molar-refractivity contribution is 5.81. The van der Waals surface area contributed by atoms with E-state index in [1.54, 1.807) is 4.90 Å². The molecular weight excluding hydrogens is 282 g/mol. The molecule has 0 bridgehead atoms. The van der Waals surface area contributed by atoms with Gasteiger partial charge in [-0.3, -0.25) is 4.79 Å². The van der Waals surface area contributed by atoms with Gasteiger partial charge in [0, 0.05) is 13.1 Å². The van der Waals surface area contributed by atoms with Gasteiger partial charge in [-0.1, -0.05) is 19.1 Å². The molecule has 1 atom stereocenters. The van der Waals surface area contributed by atoms with Crippen LogP contribution in [0.25, 0.3) is 11.0 Å². The highest BCUT2D eigenvalue weighted by Crippen LogP contribution is 2.22. The van der Waals surface area contributed by atoms with Crippen LogP contribution in [0.1, 0.15) is 25.3 Å². The summed E-state index contributed by atoms with van der Waals surface area (Å²) in [4.78, 5) is 18.8. The van der Waals surface area contributed by atoms with Gasteiger partial charge in [0.05, 0.1) is 24.2 Å². The molecule has 1 aliphatic rings. The zero-order chi connectivity index (χ0) is 15.5. The van der Waals surface area contributed by atoms with Crippen molar-refractivity contribution in [2.24, 2.45) is 0 Å². The number of morpholine rings is 1. The Hall–Kier alpha value is -1.92. The molecular formula is C16H21N3O3. The maximum Gasteiger partial charge on any atom is 0.242 e. The van der Waals surface area contributed by atoms with E-state index >= 15 is 0 Å². The number of aromatic nitrogens is 2. The van der Waals surface area contributed by atoms with Gasteiger partial charge >= 0.3 is 0 Å². The number of nitrogens with zero attached hydrogens (tertiary/aromatic N) is 3. The number of hydrogen-bond donors (Lipinski definition) is 1. The van der Waals surface area contributed by atoms with Crippen LogP contribution < -0.4 is 0 Å². The molecule has 0 spiro atoms. The van der Waals surface area contributed by atoms with Crippen LogP contribution >= 0.6 is 0 Å². The molecule has 1 amide bonds. The highest BCUT2D eigenvalue weighted by Gasteiger charge is 2.22. The topological polar surface area (TPSA) is 67.6 Å². The van der Waals surface area contributed by atoms with Gasteiger partial charge in [0.15, 0.2) is 0 Å². The van der Waals surface area contributed by atoms with Gasteiger partial charge in [0.2, 0.25) is 5.91 Å². The highest BCUT2D eigenvalue weighted by atomic mass is 16.5. The molecule has 118 valence electrons. The van der Waals surface area contributed by atoms with Crippen LogP contribution in [-0.2, 0) is 16.1 Å². The zero-order valence-corrected chi connectivity index (χ0v) is 12.7. The molecule has 0 unspecified atom stereocenters. The van der Waals surface area contributed by atoms with Gasteiger partial charge in [-0.15, -0.1) is 0 Å². The number of aliphatic hydroxyl groups excluding tert-OH is 1. The van der Waals surface area contributed by atoms with Crippen molar-refractivity contribution >= 4 is 16.9 Å².